The number of guanidine groups is 1. The lowest BCUT2D eigenvalue weighted by Crippen LogP contribution is -2.44. The van der Waals surface area contributed by atoms with E-state index in [0.717, 1.165) is 24.9 Å². The molecule has 1 aromatic rings. The zero-order valence-corrected chi connectivity index (χ0v) is 17.6. The topological polar surface area (TPSA) is 66.0 Å². The van der Waals surface area contributed by atoms with Gasteiger partial charge >= 0.3 is 6.18 Å². The first-order valence-electron chi connectivity index (χ1n) is 10.2. The Balaban J connectivity index is 1.69. The van der Waals surface area contributed by atoms with Gasteiger partial charge in [0.25, 0.3) is 0 Å². The van der Waals surface area contributed by atoms with Gasteiger partial charge in [-0.3, -0.25) is 9.79 Å². The van der Waals surface area contributed by atoms with Gasteiger partial charge in [-0.15, -0.1) is 0 Å². The summed E-state index contributed by atoms with van der Waals surface area (Å²) in [5, 5.41) is 6.31. The number of benzene rings is 1. The lowest BCUT2D eigenvalue weighted by Gasteiger charge is -2.33. The summed E-state index contributed by atoms with van der Waals surface area (Å²) in [5.74, 6) is 0.751. The number of ether oxygens (including phenoxy) is 1. The van der Waals surface area contributed by atoms with Gasteiger partial charge in [0, 0.05) is 39.1 Å². The first-order chi connectivity index (χ1) is 14.3. The lowest BCUT2D eigenvalue weighted by molar-refractivity contribution is -0.176. The summed E-state index contributed by atoms with van der Waals surface area (Å²) in [6.07, 6.45) is -0.585. The third-order valence-corrected chi connectivity index (χ3v) is 5.00. The summed E-state index contributed by atoms with van der Waals surface area (Å²) in [4.78, 5) is 18.5. The SMILES string of the molecule is CN=C(NCCC(=O)N1CCCCC1C)NCc1ccc(COCC(F)(F)F)cc1. The molecule has 0 radical (unpaired) electrons. The van der Waals surface area contributed by atoms with Crippen molar-refractivity contribution in [3.63, 3.8) is 0 Å². The molecule has 2 N–H and O–H groups in total. The van der Waals surface area contributed by atoms with Crippen molar-refractivity contribution in [2.45, 2.75) is 58.0 Å². The van der Waals surface area contributed by atoms with Crippen LogP contribution in [0.5, 0.6) is 0 Å². The number of halogens is 3. The van der Waals surface area contributed by atoms with E-state index in [2.05, 4.69) is 27.3 Å². The molecule has 0 saturated carbocycles. The van der Waals surface area contributed by atoms with Gasteiger partial charge in [-0.2, -0.15) is 13.2 Å². The second-order valence-electron chi connectivity index (χ2n) is 7.46. The minimum Gasteiger partial charge on any atom is -0.367 e. The van der Waals surface area contributed by atoms with Gasteiger partial charge in [-0.1, -0.05) is 24.3 Å². The van der Waals surface area contributed by atoms with Crippen molar-refractivity contribution in [3.05, 3.63) is 35.4 Å². The minimum atomic E-state index is -4.32. The average Bonchev–Trinajstić information content (AvgIpc) is 2.70. The Morgan fingerprint density at radius 1 is 1.20 bits per heavy atom. The van der Waals surface area contributed by atoms with Gasteiger partial charge in [0.05, 0.1) is 6.61 Å². The second-order valence-corrected chi connectivity index (χ2v) is 7.46. The number of aliphatic imine (C=N–C) groups is 1. The molecule has 2 rings (SSSR count). The van der Waals surface area contributed by atoms with Crippen LogP contribution in [0.25, 0.3) is 0 Å². The van der Waals surface area contributed by atoms with E-state index < -0.39 is 12.8 Å². The second kappa shape index (κ2) is 11.8. The monoisotopic (exact) mass is 428 g/mol. The van der Waals surface area contributed by atoms with E-state index in [4.69, 9.17) is 0 Å². The van der Waals surface area contributed by atoms with Crippen molar-refractivity contribution in [2.24, 2.45) is 4.99 Å². The standard InChI is InChI=1S/C21H31F3N4O2/c1-16-5-3-4-12-28(16)19(29)10-11-26-20(25-2)27-13-17-6-8-18(9-7-17)14-30-15-21(22,23)24/h6-9,16H,3-5,10-15H2,1-2H3,(H2,25,26,27). The van der Waals surface area contributed by atoms with Crippen LogP contribution in [0.2, 0.25) is 0 Å². The van der Waals surface area contributed by atoms with Gasteiger partial charge < -0.3 is 20.3 Å². The lowest BCUT2D eigenvalue weighted by atomic mass is 10.0. The molecule has 1 unspecified atom stereocenters. The van der Waals surface area contributed by atoms with Crippen molar-refractivity contribution in [1.29, 1.82) is 0 Å². The Morgan fingerprint density at radius 3 is 2.53 bits per heavy atom. The number of piperidine rings is 1. The molecule has 1 aromatic carbocycles. The third kappa shape index (κ3) is 8.61. The van der Waals surface area contributed by atoms with Crippen molar-refractivity contribution < 1.29 is 22.7 Å². The fourth-order valence-electron chi connectivity index (χ4n) is 3.34. The molecule has 0 bridgehead atoms. The van der Waals surface area contributed by atoms with Crippen LogP contribution in [0.1, 0.15) is 43.7 Å². The molecule has 1 saturated heterocycles. The van der Waals surface area contributed by atoms with Crippen LogP contribution in [-0.4, -0.2) is 55.7 Å². The number of likely N-dealkylation sites (tertiary alicyclic amines) is 1. The molecule has 1 atom stereocenters. The van der Waals surface area contributed by atoms with Crippen molar-refractivity contribution in [2.75, 3.05) is 26.7 Å². The molecule has 1 aliphatic heterocycles. The van der Waals surface area contributed by atoms with Gasteiger partial charge in [0.15, 0.2) is 5.96 Å². The molecule has 1 fully saturated rings. The fraction of sp³-hybridized carbons (Fsp3) is 0.619. The van der Waals surface area contributed by atoms with E-state index in [1.54, 1.807) is 19.2 Å². The van der Waals surface area contributed by atoms with Crippen LogP contribution < -0.4 is 10.6 Å². The highest BCUT2D eigenvalue weighted by atomic mass is 19.4. The van der Waals surface area contributed by atoms with Crippen molar-refractivity contribution in [3.8, 4) is 0 Å². The predicted octanol–water partition coefficient (Wildman–Crippen LogP) is 3.22. The summed E-state index contributed by atoms with van der Waals surface area (Å²) < 4.78 is 41.0. The van der Waals surface area contributed by atoms with Gasteiger partial charge in [0.1, 0.15) is 6.61 Å². The molecule has 0 spiro atoms. The van der Waals surface area contributed by atoms with Crippen LogP contribution in [-0.2, 0) is 22.7 Å². The van der Waals surface area contributed by atoms with E-state index in [1.807, 2.05) is 17.0 Å². The number of hydrogen-bond acceptors (Lipinski definition) is 3. The molecule has 1 heterocycles. The summed E-state index contributed by atoms with van der Waals surface area (Å²) in [6.45, 7) is 2.60. The number of nitrogens with one attached hydrogen (secondary N) is 2. The summed E-state index contributed by atoms with van der Waals surface area (Å²) >= 11 is 0. The van der Waals surface area contributed by atoms with Crippen LogP contribution in [0.3, 0.4) is 0 Å². The molecule has 30 heavy (non-hydrogen) atoms. The Morgan fingerprint density at radius 2 is 1.90 bits per heavy atom. The Labute approximate surface area is 175 Å². The number of alkyl halides is 3. The molecular weight excluding hydrogens is 397 g/mol. The van der Waals surface area contributed by atoms with Crippen LogP contribution in [0, 0.1) is 0 Å². The largest absolute Gasteiger partial charge is 0.411 e. The van der Waals surface area contributed by atoms with E-state index >= 15 is 0 Å². The van der Waals surface area contributed by atoms with Gasteiger partial charge in [0.2, 0.25) is 5.91 Å². The molecule has 9 heteroatoms. The number of rotatable bonds is 8. The van der Waals surface area contributed by atoms with Crippen molar-refractivity contribution >= 4 is 11.9 Å². The zero-order valence-electron chi connectivity index (χ0n) is 17.6. The quantitative estimate of drug-likeness (QED) is 0.493. The first-order valence-corrected chi connectivity index (χ1v) is 10.2. The van der Waals surface area contributed by atoms with E-state index in [1.165, 1.54) is 6.42 Å². The number of carbonyl (C=O) groups is 1. The fourth-order valence-corrected chi connectivity index (χ4v) is 3.34. The molecule has 1 aliphatic rings. The molecule has 168 valence electrons. The zero-order chi connectivity index (χ0) is 22.0. The van der Waals surface area contributed by atoms with Gasteiger partial charge in [-0.25, -0.2) is 0 Å². The molecule has 0 aromatic heterocycles. The number of amides is 1. The van der Waals surface area contributed by atoms with E-state index in [9.17, 15) is 18.0 Å². The highest BCUT2D eigenvalue weighted by Gasteiger charge is 2.27. The Kier molecular flexibility index (Phi) is 9.42. The average molecular weight is 428 g/mol. The molecular formula is C21H31F3N4O2. The maximum Gasteiger partial charge on any atom is 0.411 e. The maximum absolute atomic E-state index is 12.4. The number of hydrogen-bond donors (Lipinski definition) is 2. The first kappa shape index (κ1) is 24.0. The number of carbonyl (C=O) groups excluding carboxylic acids is 1. The Hall–Kier alpha value is -2.29. The summed E-state index contributed by atoms with van der Waals surface area (Å²) in [7, 11) is 1.66. The predicted molar refractivity (Wildman–Crippen MR) is 110 cm³/mol. The molecule has 6 nitrogen and oxygen atoms in total. The van der Waals surface area contributed by atoms with Crippen LogP contribution in [0.15, 0.2) is 29.3 Å². The summed E-state index contributed by atoms with van der Waals surface area (Å²) in [6, 6.07) is 7.44. The van der Waals surface area contributed by atoms with Crippen LogP contribution >= 0.6 is 0 Å². The van der Waals surface area contributed by atoms with Crippen molar-refractivity contribution in [1.82, 2.24) is 15.5 Å². The normalized spacial score (nSPS) is 17.7. The highest BCUT2D eigenvalue weighted by molar-refractivity contribution is 5.81. The summed E-state index contributed by atoms with van der Waals surface area (Å²) in [5.41, 5.74) is 1.63. The molecule has 0 aliphatic carbocycles. The highest BCUT2D eigenvalue weighted by Crippen LogP contribution is 2.17. The van der Waals surface area contributed by atoms with E-state index in [-0.39, 0.29) is 12.5 Å². The molecule has 1 amide bonds. The third-order valence-electron chi connectivity index (χ3n) is 5.00. The van der Waals surface area contributed by atoms with Gasteiger partial charge in [-0.05, 0) is 37.3 Å². The van der Waals surface area contributed by atoms with Crippen LogP contribution in [0.4, 0.5) is 13.2 Å². The van der Waals surface area contributed by atoms with E-state index in [0.29, 0.717) is 37.1 Å². The smallest absolute Gasteiger partial charge is 0.367 e. The Bertz CT molecular complexity index is 692. The maximum atomic E-state index is 12.4. The minimum absolute atomic E-state index is 0.0832. The number of nitrogens with zero attached hydrogens (tertiary/aromatic N) is 2.